The molecule has 0 aromatic heterocycles. The topological polar surface area (TPSA) is 46.6 Å². The van der Waals surface area contributed by atoms with Gasteiger partial charge in [0.2, 0.25) is 0 Å². The minimum Gasteiger partial charge on any atom is -0.431 e. The fraction of sp³-hybridized carbons (Fsp3) is 0.455. The molecule has 4 nitrogen and oxygen atoms in total. The monoisotopic (exact) mass is 209 g/mol. The highest BCUT2D eigenvalue weighted by atomic mass is 16.5. The highest BCUT2D eigenvalue weighted by Gasteiger charge is 2.33. The van der Waals surface area contributed by atoms with Crippen LogP contribution in [0.3, 0.4) is 0 Å². The zero-order chi connectivity index (χ0) is 11.6. The van der Waals surface area contributed by atoms with Crippen molar-refractivity contribution in [2.24, 2.45) is 5.92 Å². The summed E-state index contributed by atoms with van der Waals surface area (Å²) in [6.07, 6.45) is 1.70. The van der Waals surface area contributed by atoms with Crippen molar-refractivity contribution in [1.29, 1.82) is 0 Å². The molecule has 0 aromatic carbocycles. The summed E-state index contributed by atoms with van der Waals surface area (Å²) in [5.41, 5.74) is 0.530. The van der Waals surface area contributed by atoms with Gasteiger partial charge < -0.3 is 9.64 Å². The summed E-state index contributed by atoms with van der Waals surface area (Å²) in [6, 6.07) is 0. The van der Waals surface area contributed by atoms with Crippen LogP contribution in [0.1, 0.15) is 13.8 Å². The molecule has 0 radical (unpaired) electrons. The third-order valence-corrected chi connectivity index (χ3v) is 2.38. The third kappa shape index (κ3) is 2.26. The molecule has 4 heteroatoms. The van der Waals surface area contributed by atoms with Crippen LogP contribution in [0.15, 0.2) is 24.0 Å². The minimum absolute atomic E-state index is 0.0538. The first kappa shape index (κ1) is 11.5. The fourth-order valence-electron chi connectivity index (χ4n) is 1.71. The number of likely N-dealkylation sites (N-methyl/N-ethyl adjacent to an activating group) is 1. The van der Waals surface area contributed by atoms with E-state index in [9.17, 15) is 9.59 Å². The number of esters is 1. The number of hydrogen-bond donors (Lipinski definition) is 0. The molecular weight excluding hydrogens is 194 g/mol. The number of allylic oxidation sites excluding steroid dienone is 1. The maximum absolute atomic E-state index is 11.7. The molecule has 1 aliphatic heterocycles. The maximum atomic E-state index is 11.7. The Morgan fingerprint density at radius 2 is 2.20 bits per heavy atom. The predicted molar refractivity (Wildman–Crippen MR) is 55.8 cm³/mol. The van der Waals surface area contributed by atoms with Crippen LogP contribution in [-0.2, 0) is 14.3 Å². The molecule has 0 saturated carbocycles. The third-order valence-electron chi connectivity index (χ3n) is 2.38. The van der Waals surface area contributed by atoms with E-state index in [1.165, 1.54) is 6.92 Å². The van der Waals surface area contributed by atoms with Gasteiger partial charge in [0.05, 0.1) is 5.57 Å². The van der Waals surface area contributed by atoms with E-state index in [1.54, 1.807) is 24.9 Å². The molecule has 0 spiro atoms. The minimum atomic E-state index is -0.412. The van der Waals surface area contributed by atoms with Gasteiger partial charge in [-0.05, 0) is 6.92 Å². The van der Waals surface area contributed by atoms with Crippen molar-refractivity contribution in [3.8, 4) is 0 Å². The van der Waals surface area contributed by atoms with E-state index in [2.05, 4.69) is 6.58 Å². The van der Waals surface area contributed by atoms with Gasteiger partial charge in [-0.1, -0.05) is 6.08 Å². The summed E-state index contributed by atoms with van der Waals surface area (Å²) in [7, 11) is 1.72. The van der Waals surface area contributed by atoms with Crippen LogP contribution < -0.4 is 0 Å². The fourth-order valence-corrected chi connectivity index (χ4v) is 1.71. The number of carbonyl (C=O) groups excluding carboxylic acids is 2. The van der Waals surface area contributed by atoms with Gasteiger partial charge in [-0.15, -0.1) is 6.58 Å². The van der Waals surface area contributed by atoms with E-state index >= 15 is 0 Å². The van der Waals surface area contributed by atoms with Crippen molar-refractivity contribution in [3.63, 3.8) is 0 Å². The smallest absolute Gasteiger partial charge is 0.307 e. The Balaban J connectivity index is 3.03. The molecule has 1 fully saturated rings. The van der Waals surface area contributed by atoms with Crippen LogP contribution in [0, 0.1) is 5.92 Å². The van der Waals surface area contributed by atoms with Gasteiger partial charge >= 0.3 is 5.97 Å². The van der Waals surface area contributed by atoms with Crippen molar-refractivity contribution in [1.82, 2.24) is 4.90 Å². The molecule has 1 heterocycles. The Morgan fingerprint density at radius 3 is 2.67 bits per heavy atom. The Labute approximate surface area is 89.2 Å². The maximum Gasteiger partial charge on any atom is 0.307 e. The number of nitrogens with zero attached hydrogens (tertiary/aromatic N) is 1. The average molecular weight is 209 g/mol. The number of likely N-dealkylation sites (tertiary alicyclic amines) is 1. The molecule has 1 unspecified atom stereocenters. The summed E-state index contributed by atoms with van der Waals surface area (Å²) in [4.78, 5) is 24.1. The number of amides is 1. The molecule has 0 aromatic rings. The second kappa shape index (κ2) is 4.29. The van der Waals surface area contributed by atoms with Crippen molar-refractivity contribution in [2.45, 2.75) is 13.8 Å². The Morgan fingerprint density at radius 1 is 1.60 bits per heavy atom. The first-order valence-electron chi connectivity index (χ1n) is 4.74. The van der Waals surface area contributed by atoms with Crippen molar-refractivity contribution < 1.29 is 14.3 Å². The number of rotatable bonds is 2. The van der Waals surface area contributed by atoms with Gasteiger partial charge in [-0.2, -0.15) is 0 Å². The van der Waals surface area contributed by atoms with Crippen LogP contribution in [-0.4, -0.2) is 30.4 Å². The zero-order valence-corrected chi connectivity index (χ0v) is 9.24. The number of ether oxygens (including phenoxy) is 1. The second-order valence-electron chi connectivity index (χ2n) is 3.59. The molecule has 1 atom stereocenters. The highest BCUT2D eigenvalue weighted by Crippen LogP contribution is 2.27. The summed E-state index contributed by atoms with van der Waals surface area (Å²) < 4.78 is 4.93. The second-order valence-corrected chi connectivity index (χ2v) is 3.59. The number of carbonyl (C=O) groups is 2. The zero-order valence-electron chi connectivity index (χ0n) is 9.24. The first-order chi connectivity index (χ1) is 6.97. The molecule has 1 rings (SSSR count). The van der Waals surface area contributed by atoms with E-state index in [0.29, 0.717) is 17.9 Å². The Bertz CT molecular complexity index is 344. The largest absolute Gasteiger partial charge is 0.431 e. The summed E-state index contributed by atoms with van der Waals surface area (Å²) in [5, 5.41) is 0. The standard InChI is InChI=1S/C11H15NO3/c1-5-9-6-12(4)11(14)10(9)7(2)15-8(3)13/h5,9H,1,6H2,2-4H3/b10-7-. The Hall–Kier alpha value is -1.58. The van der Waals surface area contributed by atoms with Gasteiger partial charge in [-0.3, -0.25) is 9.59 Å². The molecule has 1 saturated heterocycles. The highest BCUT2D eigenvalue weighted by molar-refractivity contribution is 5.97. The quantitative estimate of drug-likeness (QED) is 0.296. The van der Waals surface area contributed by atoms with Crippen molar-refractivity contribution >= 4 is 11.9 Å². The van der Waals surface area contributed by atoms with Gasteiger partial charge in [0.1, 0.15) is 5.76 Å². The van der Waals surface area contributed by atoms with Crippen LogP contribution in [0.2, 0.25) is 0 Å². The normalized spacial score (nSPS) is 24.1. The van der Waals surface area contributed by atoms with Crippen LogP contribution in [0.4, 0.5) is 0 Å². The Kier molecular flexibility index (Phi) is 3.29. The molecule has 0 aliphatic carbocycles. The van der Waals surface area contributed by atoms with E-state index < -0.39 is 5.97 Å². The van der Waals surface area contributed by atoms with Crippen molar-refractivity contribution in [2.75, 3.05) is 13.6 Å². The predicted octanol–water partition coefficient (Wildman–Crippen LogP) is 1.10. The molecular formula is C11H15NO3. The number of hydrogen-bond acceptors (Lipinski definition) is 3. The van der Waals surface area contributed by atoms with E-state index in [-0.39, 0.29) is 11.8 Å². The first-order valence-corrected chi connectivity index (χ1v) is 4.74. The van der Waals surface area contributed by atoms with E-state index in [1.807, 2.05) is 0 Å². The van der Waals surface area contributed by atoms with Gasteiger partial charge in [0.15, 0.2) is 0 Å². The molecule has 1 aliphatic rings. The SMILES string of the molecule is C=CC1CN(C)C(=O)/C1=C(/C)OC(C)=O. The van der Waals surface area contributed by atoms with Gasteiger partial charge in [-0.25, -0.2) is 0 Å². The van der Waals surface area contributed by atoms with Crippen molar-refractivity contribution in [3.05, 3.63) is 24.0 Å². The van der Waals surface area contributed by atoms with Gasteiger partial charge in [0, 0.05) is 26.4 Å². The lowest BCUT2D eigenvalue weighted by Crippen LogP contribution is -2.19. The van der Waals surface area contributed by atoms with Crippen LogP contribution in [0.25, 0.3) is 0 Å². The van der Waals surface area contributed by atoms with Crippen LogP contribution >= 0.6 is 0 Å². The van der Waals surface area contributed by atoms with E-state index in [0.717, 1.165) is 0 Å². The van der Waals surface area contributed by atoms with E-state index in [4.69, 9.17) is 4.74 Å². The molecule has 82 valence electrons. The lowest BCUT2D eigenvalue weighted by atomic mass is 10.0. The van der Waals surface area contributed by atoms with Crippen LogP contribution in [0.5, 0.6) is 0 Å². The average Bonchev–Trinajstić information content (AvgIpc) is 2.41. The molecule has 0 bridgehead atoms. The molecule has 0 N–H and O–H groups in total. The molecule has 1 amide bonds. The summed E-state index contributed by atoms with van der Waals surface area (Å²) in [5.74, 6) is -0.188. The summed E-state index contributed by atoms with van der Waals surface area (Å²) in [6.45, 7) is 7.21. The molecule has 15 heavy (non-hydrogen) atoms. The lowest BCUT2D eigenvalue weighted by molar-refractivity contribution is -0.136. The van der Waals surface area contributed by atoms with Gasteiger partial charge in [0.25, 0.3) is 5.91 Å². The summed E-state index contributed by atoms with van der Waals surface area (Å²) >= 11 is 0. The lowest BCUT2D eigenvalue weighted by Gasteiger charge is -2.07.